The van der Waals surface area contributed by atoms with Crippen molar-refractivity contribution < 1.29 is 13.2 Å². The van der Waals surface area contributed by atoms with Gasteiger partial charge in [-0.15, -0.1) is 0 Å². The van der Waals surface area contributed by atoms with Crippen LogP contribution in [0.5, 0.6) is 0 Å². The van der Waals surface area contributed by atoms with E-state index in [2.05, 4.69) is 5.10 Å². The van der Waals surface area contributed by atoms with Gasteiger partial charge in [-0.1, -0.05) is 13.8 Å². The van der Waals surface area contributed by atoms with E-state index >= 15 is 0 Å². The van der Waals surface area contributed by atoms with Crippen LogP contribution in [0.15, 0.2) is 6.20 Å². The van der Waals surface area contributed by atoms with Crippen LogP contribution in [0.25, 0.3) is 0 Å². The standard InChI is InChI=1S/C9H13F3N2/c1-4-6(2)7-5-14(3)13-8(7)9(10,11)12/h5-6H,4H2,1-3H3/t6-/m0/s1. The number of nitrogens with zero attached hydrogens (tertiary/aromatic N) is 2. The maximum absolute atomic E-state index is 12.5. The molecule has 1 aromatic rings. The molecular weight excluding hydrogens is 193 g/mol. The van der Waals surface area contributed by atoms with E-state index in [1.807, 2.05) is 6.92 Å². The molecule has 0 amide bonds. The summed E-state index contributed by atoms with van der Waals surface area (Å²) in [6.45, 7) is 3.63. The Morgan fingerprint density at radius 2 is 2.07 bits per heavy atom. The van der Waals surface area contributed by atoms with Gasteiger partial charge in [0.15, 0.2) is 5.69 Å². The van der Waals surface area contributed by atoms with Crippen molar-refractivity contribution in [2.24, 2.45) is 7.05 Å². The summed E-state index contributed by atoms with van der Waals surface area (Å²) in [6.07, 6.45) is -2.23. The molecule has 0 bridgehead atoms. The molecule has 0 N–H and O–H groups in total. The molecule has 0 radical (unpaired) electrons. The maximum Gasteiger partial charge on any atom is 0.435 e. The van der Waals surface area contributed by atoms with Gasteiger partial charge >= 0.3 is 6.18 Å². The van der Waals surface area contributed by atoms with Crippen molar-refractivity contribution in [2.75, 3.05) is 0 Å². The molecule has 1 aromatic heterocycles. The molecule has 5 heteroatoms. The zero-order valence-electron chi connectivity index (χ0n) is 8.39. The van der Waals surface area contributed by atoms with Crippen molar-refractivity contribution in [2.45, 2.75) is 32.4 Å². The molecule has 0 aliphatic rings. The summed E-state index contributed by atoms with van der Waals surface area (Å²) in [4.78, 5) is 0. The Balaban J connectivity index is 3.16. The highest BCUT2D eigenvalue weighted by atomic mass is 19.4. The minimum atomic E-state index is -4.35. The number of aromatic nitrogens is 2. The summed E-state index contributed by atoms with van der Waals surface area (Å²) in [5.74, 6) is -0.111. The predicted octanol–water partition coefficient (Wildman–Crippen LogP) is 2.95. The summed E-state index contributed by atoms with van der Waals surface area (Å²) < 4.78 is 38.7. The maximum atomic E-state index is 12.5. The third kappa shape index (κ3) is 2.08. The van der Waals surface area contributed by atoms with E-state index in [9.17, 15) is 13.2 Å². The van der Waals surface area contributed by atoms with Crippen LogP contribution in [0.4, 0.5) is 13.2 Å². The second-order valence-corrected chi connectivity index (χ2v) is 3.41. The molecule has 1 atom stereocenters. The number of hydrogen-bond donors (Lipinski definition) is 0. The van der Waals surface area contributed by atoms with Crippen LogP contribution in [0, 0.1) is 0 Å². The van der Waals surface area contributed by atoms with Gasteiger partial charge in [0.2, 0.25) is 0 Å². The SMILES string of the molecule is CC[C@H](C)c1cn(C)nc1C(F)(F)F. The molecule has 1 rings (SSSR count). The van der Waals surface area contributed by atoms with Gasteiger partial charge in [-0.25, -0.2) is 0 Å². The molecular formula is C9H13F3N2. The van der Waals surface area contributed by atoms with E-state index in [0.29, 0.717) is 6.42 Å². The van der Waals surface area contributed by atoms with Crippen LogP contribution in [0.1, 0.15) is 37.4 Å². The Bertz CT molecular complexity index is 314. The first-order valence-electron chi connectivity index (χ1n) is 4.47. The van der Waals surface area contributed by atoms with E-state index in [1.165, 1.54) is 17.9 Å². The van der Waals surface area contributed by atoms with Gasteiger partial charge in [0.1, 0.15) is 0 Å². The second kappa shape index (κ2) is 3.63. The van der Waals surface area contributed by atoms with E-state index in [1.54, 1.807) is 6.92 Å². The fourth-order valence-electron chi connectivity index (χ4n) is 1.31. The highest BCUT2D eigenvalue weighted by molar-refractivity contribution is 5.23. The lowest BCUT2D eigenvalue weighted by Gasteiger charge is -2.10. The molecule has 0 saturated carbocycles. The lowest BCUT2D eigenvalue weighted by atomic mass is 9.99. The van der Waals surface area contributed by atoms with Gasteiger partial charge in [0, 0.05) is 18.8 Å². The van der Waals surface area contributed by atoms with Gasteiger partial charge in [-0.2, -0.15) is 18.3 Å². The van der Waals surface area contributed by atoms with Crippen LogP contribution in [-0.4, -0.2) is 9.78 Å². The van der Waals surface area contributed by atoms with Crippen LogP contribution in [0.2, 0.25) is 0 Å². The van der Waals surface area contributed by atoms with Gasteiger partial charge in [-0.3, -0.25) is 4.68 Å². The van der Waals surface area contributed by atoms with Crippen LogP contribution in [-0.2, 0) is 13.2 Å². The first kappa shape index (κ1) is 11.1. The van der Waals surface area contributed by atoms with E-state index in [0.717, 1.165) is 0 Å². The van der Waals surface area contributed by atoms with Gasteiger partial charge in [0.25, 0.3) is 0 Å². The smallest absolute Gasteiger partial charge is 0.275 e. The average molecular weight is 206 g/mol. The Morgan fingerprint density at radius 3 is 2.50 bits per heavy atom. The molecule has 14 heavy (non-hydrogen) atoms. The molecule has 0 aromatic carbocycles. The molecule has 0 unspecified atom stereocenters. The normalized spacial score (nSPS) is 14.4. The summed E-state index contributed by atoms with van der Waals surface area (Å²) >= 11 is 0. The molecule has 0 aliphatic heterocycles. The third-order valence-electron chi connectivity index (χ3n) is 2.27. The van der Waals surface area contributed by atoms with Crippen LogP contribution in [0.3, 0.4) is 0 Å². The minimum absolute atomic E-state index is 0.111. The highest BCUT2D eigenvalue weighted by Gasteiger charge is 2.37. The van der Waals surface area contributed by atoms with Gasteiger partial charge in [0.05, 0.1) is 0 Å². The predicted molar refractivity (Wildman–Crippen MR) is 46.9 cm³/mol. The minimum Gasteiger partial charge on any atom is -0.275 e. The Morgan fingerprint density at radius 1 is 1.50 bits per heavy atom. The Kier molecular flexibility index (Phi) is 2.87. The van der Waals surface area contributed by atoms with Crippen molar-refractivity contribution >= 4 is 0 Å². The van der Waals surface area contributed by atoms with Crippen molar-refractivity contribution in [1.29, 1.82) is 0 Å². The zero-order valence-corrected chi connectivity index (χ0v) is 8.39. The number of alkyl halides is 3. The molecule has 1 heterocycles. The van der Waals surface area contributed by atoms with Gasteiger partial charge < -0.3 is 0 Å². The van der Waals surface area contributed by atoms with Crippen LogP contribution < -0.4 is 0 Å². The van der Waals surface area contributed by atoms with Gasteiger partial charge in [-0.05, 0) is 12.3 Å². The number of hydrogen-bond acceptors (Lipinski definition) is 1. The van der Waals surface area contributed by atoms with Crippen molar-refractivity contribution in [3.8, 4) is 0 Å². The monoisotopic (exact) mass is 206 g/mol. The zero-order chi connectivity index (χ0) is 10.9. The summed E-state index contributed by atoms with van der Waals surface area (Å²) in [6, 6.07) is 0. The fourth-order valence-corrected chi connectivity index (χ4v) is 1.31. The summed E-state index contributed by atoms with van der Waals surface area (Å²) in [5, 5.41) is 3.44. The largest absolute Gasteiger partial charge is 0.435 e. The first-order valence-corrected chi connectivity index (χ1v) is 4.47. The van der Waals surface area contributed by atoms with E-state index in [-0.39, 0.29) is 11.5 Å². The quantitative estimate of drug-likeness (QED) is 0.727. The van der Waals surface area contributed by atoms with Crippen LogP contribution >= 0.6 is 0 Å². The lowest BCUT2D eigenvalue weighted by molar-refractivity contribution is -0.142. The van der Waals surface area contributed by atoms with E-state index < -0.39 is 11.9 Å². The van der Waals surface area contributed by atoms with Crippen molar-refractivity contribution in [1.82, 2.24) is 9.78 Å². The average Bonchev–Trinajstić information content (AvgIpc) is 2.45. The highest BCUT2D eigenvalue weighted by Crippen LogP contribution is 2.34. The Labute approximate surface area is 80.7 Å². The first-order chi connectivity index (χ1) is 6.36. The number of aryl methyl sites for hydroxylation is 1. The lowest BCUT2D eigenvalue weighted by Crippen LogP contribution is -2.10. The van der Waals surface area contributed by atoms with E-state index in [4.69, 9.17) is 0 Å². The molecule has 0 saturated heterocycles. The number of halogens is 3. The Hall–Kier alpha value is -1.00. The molecule has 80 valence electrons. The summed E-state index contributed by atoms with van der Waals surface area (Å²) in [7, 11) is 1.50. The van der Waals surface area contributed by atoms with Crippen molar-refractivity contribution in [3.63, 3.8) is 0 Å². The van der Waals surface area contributed by atoms with Crippen molar-refractivity contribution in [3.05, 3.63) is 17.5 Å². The molecule has 0 aliphatic carbocycles. The summed E-state index contributed by atoms with van der Waals surface area (Å²) in [5.41, 5.74) is -0.475. The molecule has 0 spiro atoms. The third-order valence-corrected chi connectivity index (χ3v) is 2.27. The molecule has 0 fully saturated rings. The molecule has 2 nitrogen and oxygen atoms in total. The number of rotatable bonds is 2. The second-order valence-electron chi connectivity index (χ2n) is 3.41. The fraction of sp³-hybridized carbons (Fsp3) is 0.667. The topological polar surface area (TPSA) is 17.8 Å².